The van der Waals surface area contributed by atoms with Crippen LogP contribution in [-0.2, 0) is 6.54 Å². The van der Waals surface area contributed by atoms with E-state index in [4.69, 9.17) is 17.3 Å². The lowest BCUT2D eigenvalue weighted by Gasteiger charge is -2.28. The van der Waals surface area contributed by atoms with Gasteiger partial charge in [-0.15, -0.1) is 0 Å². The first kappa shape index (κ1) is 13.8. The van der Waals surface area contributed by atoms with Gasteiger partial charge >= 0.3 is 0 Å². The molecule has 0 bridgehead atoms. The number of hydrogen-bond donors (Lipinski definition) is 1. The normalized spacial score (nSPS) is 16.7. The Labute approximate surface area is 113 Å². The van der Waals surface area contributed by atoms with Gasteiger partial charge in [-0.3, -0.25) is 4.90 Å². The summed E-state index contributed by atoms with van der Waals surface area (Å²) in [4.78, 5) is 2.34. The maximum Gasteiger partial charge on any atom is 0.123 e. The monoisotopic (exact) mass is 270 g/mol. The Kier molecular flexibility index (Phi) is 4.98. The van der Waals surface area contributed by atoms with Crippen LogP contribution in [0.3, 0.4) is 0 Å². The van der Waals surface area contributed by atoms with E-state index < -0.39 is 0 Å². The van der Waals surface area contributed by atoms with Crippen LogP contribution >= 0.6 is 11.6 Å². The molecule has 0 aromatic heterocycles. The molecule has 18 heavy (non-hydrogen) atoms. The van der Waals surface area contributed by atoms with E-state index in [-0.39, 0.29) is 5.82 Å². The third-order valence-electron chi connectivity index (χ3n) is 3.64. The summed E-state index contributed by atoms with van der Waals surface area (Å²) in [7, 11) is 0. The summed E-state index contributed by atoms with van der Waals surface area (Å²) >= 11 is 6.12. The van der Waals surface area contributed by atoms with Gasteiger partial charge in [0.2, 0.25) is 0 Å². The fourth-order valence-electron chi connectivity index (χ4n) is 2.71. The number of rotatable bonds is 5. The minimum atomic E-state index is -0.228. The lowest BCUT2D eigenvalue weighted by atomic mass is 10.1. The molecule has 0 amide bonds. The molecule has 0 atom stereocenters. The second kappa shape index (κ2) is 6.50. The van der Waals surface area contributed by atoms with Gasteiger partial charge in [0.25, 0.3) is 0 Å². The number of hydrogen-bond acceptors (Lipinski definition) is 2. The Balaban J connectivity index is 2.09. The molecule has 100 valence electrons. The summed E-state index contributed by atoms with van der Waals surface area (Å²) in [6, 6.07) is 5.13. The molecule has 0 radical (unpaired) electrons. The van der Waals surface area contributed by atoms with Crippen LogP contribution < -0.4 is 5.73 Å². The Morgan fingerprint density at radius 1 is 1.33 bits per heavy atom. The van der Waals surface area contributed by atoms with Gasteiger partial charge in [-0.05, 0) is 36.6 Å². The molecule has 0 unspecified atom stereocenters. The quantitative estimate of drug-likeness (QED) is 0.890. The van der Waals surface area contributed by atoms with E-state index in [0.29, 0.717) is 24.2 Å². The van der Waals surface area contributed by atoms with Crippen LogP contribution in [0.4, 0.5) is 4.39 Å². The van der Waals surface area contributed by atoms with E-state index in [1.54, 1.807) is 6.07 Å². The second-order valence-corrected chi connectivity index (χ2v) is 5.34. The van der Waals surface area contributed by atoms with Crippen molar-refractivity contribution in [3.05, 3.63) is 34.6 Å². The van der Waals surface area contributed by atoms with E-state index in [9.17, 15) is 4.39 Å². The Morgan fingerprint density at radius 3 is 2.72 bits per heavy atom. The van der Waals surface area contributed by atoms with Crippen molar-refractivity contribution in [2.45, 2.75) is 38.3 Å². The van der Waals surface area contributed by atoms with Crippen LogP contribution in [0.5, 0.6) is 0 Å². The highest BCUT2D eigenvalue weighted by Gasteiger charge is 2.22. The van der Waals surface area contributed by atoms with E-state index in [1.807, 2.05) is 0 Å². The molecule has 2 N–H and O–H groups in total. The van der Waals surface area contributed by atoms with Gasteiger partial charge in [0.1, 0.15) is 5.82 Å². The van der Waals surface area contributed by atoms with Crippen molar-refractivity contribution in [1.29, 1.82) is 0 Å². The summed E-state index contributed by atoms with van der Waals surface area (Å²) < 4.78 is 13.3. The predicted molar refractivity (Wildman–Crippen MR) is 73.1 cm³/mol. The average molecular weight is 271 g/mol. The van der Waals surface area contributed by atoms with Crippen molar-refractivity contribution in [1.82, 2.24) is 4.90 Å². The van der Waals surface area contributed by atoms with Gasteiger partial charge in [0.05, 0.1) is 0 Å². The molecule has 1 aliphatic rings. The molecule has 1 saturated carbocycles. The van der Waals surface area contributed by atoms with Gasteiger partial charge in [-0.25, -0.2) is 4.39 Å². The maximum absolute atomic E-state index is 13.3. The summed E-state index contributed by atoms with van der Waals surface area (Å²) in [5, 5.41) is 0.636. The summed E-state index contributed by atoms with van der Waals surface area (Å²) in [6.45, 7) is 2.17. The van der Waals surface area contributed by atoms with Crippen molar-refractivity contribution in [2.75, 3.05) is 13.1 Å². The molecule has 0 saturated heterocycles. The van der Waals surface area contributed by atoms with Gasteiger partial charge < -0.3 is 5.73 Å². The molecular formula is C14H20ClFN2. The Bertz CT molecular complexity index is 391. The molecule has 1 aliphatic carbocycles. The Hall–Kier alpha value is -0.640. The molecule has 1 aromatic carbocycles. The van der Waals surface area contributed by atoms with Gasteiger partial charge in [-0.1, -0.05) is 24.4 Å². The second-order valence-electron chi connectivity index (χ2n) is 4.93. The van der Waals surface area contributed by atoms with E-state index in [1.165, 1.54) is 37.8 Å². The number of halogens is 2. The molecule has 4 heteroatoms. The Morgan fingerprint density at radius 2 is 2.06 bits per heavy atom. The lowest BCUT2D eigenvalue weighted by Crippen LogP contribution is -2.36. The van der Waals surface area contributed by atoms with Crippen molar-refractivity contribution >= 4 is 11.6 Å². The molecule has 0 heterocycles. The lowest BCUT2D eigenvalue weighted by molar-refractivity contribution is 0.195. The zero-order chi connectivity index (χ0) is 13.0. The first-order valence-corrected chi connectivity index (χ1v) is 6.96. The number of nitrogens with two attached hydrogens (primary N) is 1. The van der Waals surface area contributed by atoms with Crippen LogP contribution in [0.25, 0.3) is 0 Å². The average Bonchev–Trinajstić information content (AvgIpc) is 2.87. The fourth-order valence-corrected chi connectivity index (χ4v) is 2.89. The van der Waals surface area contributed by atoms with Crippen molar-refractivity contribution in [3.63, 3.8) is 0 Å². The van der Waals surface area contributed by atoms with Crippen molar-refractivity contribution in [3.8, 4) is 0 Å². The molecule has 2 nitrogen and oxygen atoms in total. The summed E-state index contributed by atoms with van der Waals surface area (Å²) in [6.07, 6.45) is 4.99. The zero-order valence-electron chi connectivity index (χ0n) is 10.5. The summed E-state index contributed by atoms with van der Waals surface area (Å²) in [5.41, 5.74) is 6.53. The minimum absolute atomic E-state index is 0.228. The first-order valence-electron chi connectivity index (χ1n) is 6.58. The zero-order valence-corrected chi connectivity index (χ0v) is 11.3. The van der Waals surface area contributed by atoms with Crippen LogP contribution in [0.1, 0.15) is 31.2 Å². The molecule has 0 aliphatic heterocycles. The topological polar surface area (TPSA) is 29.3 Å². The van der Waals surface area contributed by atoms with Gasteiger partial charge in [0.15, 0.2) is 0 Å². The fraction of sp³-hybridized carbons (Fsp3) is 0.571. The maximum atomic E-state index is 13.3. The van der Waals surface area contributed by atoms with E-state index >= 15 is 0 Å². The summed E-state index contributed by atoms with van der Waals surface area (Å²) in [5.74, 6) is -0.228. The van der Waals surface area contributed by atoms with Gasteiger partial charge in [-0.2, -0.15) is 0 Å². The van der Waals surface area contributed by atoms with Crippen molar-refractivity contribution in [2.24, 2.45) is 5.73 Å². The molecule has 1 fully saturated rings. The SMILES string of the molecule is NCCN(Cc1cc(F)ccc1Cl)C1CCCC1. The standard InChI is InChI=1S/C14H20ClFN2/c15-14-6-5-12(16)9-11(14)10-18(8-7-17)13-3-1-2-4-13/h5-6,9,13H,1-4,7-8,10,17H2. The molecular weight excluding hydrogens is 251 g/mol. The van der Waals surface area contributed by atoms with E-state index in [0.717, 1.165) is 12.1 Å². The smallest absolute Gasteiger partial charge is 0.123 e. The number of nitrogens with zero attached hydrogens (tertiary/aromatic N) is 1. The minimum Gasteiger partial charge on any atom is -0.329 e. The molecule has 1 aromatic rings. The van der Waals surface area contributed by atoms with E-state index in [2.05, 4.69) is 4.90 Å². The van der Waals surface area contributed by atoms with Gasteiger partial charge in [0, 0.05) is 30.7 Å². The number of benzene rings is 1. The third kappa shape index (κ3) is 3.44. The largest absolute Gasteiger partial charge is 0.329 e. The van der Waals surface area contributed by atoms with Crippen LogP contribution in [0.15, 0.2) is 18.2 Å². The molecule has 2 rings (SSSR count). The van der Waals surface area contributed by atoms with Crippen molar-refractivity contribution < 1.29 is 4.39 Å². The highest BCUT2D eigenvalue weighted by molar-refractivity contribution is 6.31. The third-order valence-corrected chi connectivity index (χ3v) is 4.01. The first-order chi connectivity index (χ1) is 8.70. The highest BCUT2D eigenvalue weighted by Crippen LogP contribution is 2.26. The van der Waals surface area contributed by atoms with Crippen LogP contribution in [0, 0.1) is 5.82 Å². The predicted octanol–water partition coefficient (Wildman–Crippen LogP) is 3.18. The van der Waals surface area contributed by atoms with Crippen LogP contribution in [0.2, 0.25) is 5.02 Å². The van der Waals surface area contributed by atoms with Crippen LogP contribution in [-0.4, -0.2) is 24.0 Å². The highest BCUT2D eigenvalue weighted by atomic mass is 35.5. The molecule has 0 spiro atoms.